The molecule has 0 atom stereocenters. The van der Waals surface area contributed by atoms with Crippen molar-refractivity contribution >= 4 is 46.3 Å². The van der Waals surface area contributed by atoms with E-state index in [2.05, 4.69) is 15.6 Å². The van der Waals surface area contributed by atoms with Gasteiger partial charge in [0.2, 0.25) is 0 Å². The predicted molar refractivity (Wildman–Crippen MR) is 105 cm³/mol. The third-order valence-electron chi connectivity index (χ3n) is 3.54. The van der Waals surface area contributed by atoms with Gasteiger partial charge in [-0.05, 0) is 42.5 Å². The van der Waals surface area contributed by atoms with Crippen LogP contribution in [-0.4, -0.2) is 18.0 Å². The van der Waals surface area contributed by atoms with Gasteiger partial charge in [0.1, 0.15) is 11.6 Å². The number of halogens is 2. The first-order valence-electron chi connectivity index (χ1n) is 7.69. The van der Waals surface area contributed by atoms with Crippen molar-refractivity contribution in [1.29, 1.82) is 0 Å². The van der Waals surface area contributed by atoms with Crippen molar-refractivity contribution in [1.82, 2.24) is 4.98 Å². The van der Waals surface area contributed by atoms with Gasteiger partial charge in [0.15, 0.2) is 0 Å². The van der Waals surface area contributed by atoms with E-state index >= 15 is 0 Å². The summed E-state index contributed by atoms with van der Waals surface area (Å²) in [6, 6.07) is 15.6. The van der Waals surface area contributed by atoms with Crippen LogP contribution in [-0.2, 0) is 0 Å². The zero-order chi connectivity index (χ0) is 18.5. The number of carbonyl (C=O) groups excluding carboxylic acids is 1. The molecule has 3 rings (SSSR count). The highest BCUT2D eigenvalue weighted by Gasteiger charge is 2.08. The normalized spacial score (nSPS) is 10.3. The van der Waals surface area contributed by atoms with Crippen molar-refractivity contribution in [3.8, 4) is 5.75 Å². The van der Waals surface area contributed by atoms with E-state index in [0.717, 1.165) is 0 Å². The van der Waals surface area contributed by atoms with E-state index in [1.165, 1.54) is 6.20 Å². The van der Waals surface area contributed by atoms with Crippen LogP contribution < -0.4 is 15.4 Å². The van der Waals surface area contributed by atoms with Gasteiger partial charge in [-0.25, -0.2) is 4.98 Å². The standard InChI is InChI=1S/C19H15Cl2N3O2/c1-26-15-4-2-3-14(10-15)23-19(25)12-5-8-18(22-11-12)24-17-9-13(20)6-7-16(17)21/h2-11H,1H3,(H,22,24)(H,23,25). The number of amides is 1. The number of rotatable bonds is 5. The minimum Gasteiger partial charge on any atom is -0.497 e. The molecule has 0 saturated heterocycles. The Hall–Kier alpha value is -2.76. The molecule has 1 aromatic heterocycles. The lowest BCUT2D eigenvalue weighted by Gasteiger charge is -2.09. The minimum atomic E-state index is -0.266. The Morgan fingerprint density at radius 2 is 1.92 bits per heavy atom. The lowest BCUT2D eigenvalue weighted by molar-refractivity contribution is 0.102. The van der Waals surface area contributed by atoms with Gasteiger partial charge in [0.05, 0.1) is 23.4 Å². The molecule has 0 aliphatic rings. The van der Waals surface area contributed by atoms with E-state index in [0.29, 0.717) is 38.6 Å². The quantitative estimate of drug-likeness (QED) is 0.615. The number of hydrogen-bond donors (Lipinski definition) is 2. The number of pyridine rings is 1. The van der Waals surface area contributed by atoms with Crippen LogP contribution in [0.1, 0.15) is 10.4 Å². The second-order valence-electron chi connectivity index (χ2n) is 5.37. The van der Waals surface area contributed by atoms with Crippen molar-refractivity contribution in [2.75, 3.05) is 17.7 Å². The molecule has 3 aromatic rings. The fraction of sp³-hybridized carbons (Fsp3) is 0.0526. The van der Waals surface area contributed by atoms with Crippen LogP contribution in [0.3, 0.4) is 0 Å². The zero-order valence-electron chi connectivity index (χ0n) is 13.8. The highest BCUT2D eigenvalue weighted by molar-refractivity contribution is 6.35. The molecule has 2 N–H and O–H groups in total. The first kappa shape index (κ1) is 18.0. The third-order valence-corrected chi connectivity index (χ3v) is 4.11. The molecule has 0 fully saturated rings. The molecule has 0 bridgehead atoms. The maximum atomic E-state index is 12.3. The molecule has 132 valence electrons. The Balaban J connectivity index is 1.70. The molecule has 0 aliphatic heterocycles. The summed E-state index contributed by atoms with van der Waals surface area (Å²) < 4.78 is 5.14. The van der Waals surface area contributed by atoms with Crippen LogP contribution in [0.15, 0.2) is 60.8 Å². The van der Waals surface area contributed by atoms with Crippen molar-refractivity contribution in [2.45, 2.75) is 0 Å². The van der Waals surface area contributed by atoms with Gasteiger partial charge in [-0.3, -0.25) is 4.79 Å². The summed E-state index contributed by atoms with van der Waals surface area (Å²) in [7, 11) is 1.57. The third kappa shape index (κ3) is 4.45. The molecule has 1 heterocycles. The zero-order valence-corrected chi connectivity index (χ0v) is 15.3. The van der Waals surface area contributed by atoms with Crippen LogP contribution in [0, 0.1) is 0 Å². The van der Waals surface area contributed by atoms with Gasteiger partial charge in [0.25, 0.3) is 5.91 Å². The smallest absolute Gasteiger partial charge is 0.257 e. The van der Waals surface area contributed by atoms with Crippen molar-refractivity contribution in [2.24, 2.45) is 0 Å². The maximum Gasteiger partial charge on any atom is 0.257 e. The summed E-state index contributed by atoms with van der Waals surface area (Å²) in [5, 5.41) is 6.95. The summed E-state index contributed by atoms with van der Waals surface area (Å²) in [4.78, 5) is 16.6. The molecule has 5 nitrogen and oxygen atoms in total. The second kappa shape index (κ2) is 8.08. The predicted octanol–water partition coefficient (Wildman–Crippen LogP) is 5.39. The number of ether oxygens (including phenoxy) is 1. The van der Waals surface area contributed by atoms with E-state index < -0.39 is 0 Å². The van der Waals surface area contributed by atoms with E-state index in [1.807, 2.05) is 0 Å². The lowest BCUT2D eigenvalue weighted by Crippen LogP contribution is -2.12. The number of nitrogens with one attached hydrogen (secondary N) is 2. The van der Waals surface area contributed by atoms with Crippen molar-refractivity contribution in [3.63, 3.8) is 0 Å². The highest BCUT2D eigenvalue weighted by atomic mass is 35.5. The van der Waals surface area contributed by atoms with E-state index in [1.54, 1.807) is 61.7 Å². The minimum absolute atomic E-state index is 0.266. The first-order valence-corrected chi connectivity index (χ1v) is 8.44. The van der Waals surface area contributed by atoms with Gasteiger partial charge in [-0.15, -0.1) is 0 Å². The monoisotopic (exact) mass is 387 g/mol. The average molecular weight is 388 g/mol. The molecular formula is C19H15Cl2N3O2. The van der Waals surface area contributed by atoms with E-state index in [-0.39, 0.29) is 5.91 Å². The summed E-state index contributed by atoms with van der Waals surface area (Å²) in [6.45, 7) is 0. The number of benzene rings is 2. The number of methoxy groups -OCH3 is 1. The molecule has 7 heteroatoms. The molecular weight excluding hydrogens is 373 g/mol. The van der Waals surface area contributed by atoms with Gasteiger partial charge in [0, 0.05) is 23.0 Å². The molecule has 0 radical (unpaired) electrons. The molecule has 0 spiro atoms. The van der Waals surface area contributed by atoms with Crippen LogP contribution in [0.25, 0.3) is 0 Å². The Bertz CT molecular complexity index is 930. The van der Waals surface area contributed by atoms with Gasteiger partial charge in [-0.2, -0.15) is 0 Å². The molecule has 0 aliphatic carbocycles. The number of aromatic nitrogens is 1. The number of hydrogen-bond acceptors (Lipinski definition) is 4. The van der Waals surface area contributed by atoms with Gasteiger partial charge in [-0.1, -0.05) is 29.3 Å². The van der Waals surface area contributed by atoms with E-state index in [9.17, 15) is 4.79 Å². The van der Waals surface area contributed by atoms with Crippen molar-refractivity contribution < 1.29 is 9.53 Å². The largest absolute Gasteiger partial charge is 0.497 e. The summed E-state index contributed by atoms with van der Waals surface area (Å²) >= 11 is 12.1. The molecule has 1 amide bonds. The van der Waals surface area contributed by atoms with Crippen LogP contribution in [0.4, 0.5) is 17.2 Å². The molecule has 26 heavy (non-hydrogen) atoms. The molecule has 0 unspecified atom stereocenters. The Morgan fingerprint density at radius 1 is 1.08 bits per heavy atom. The SMILES string of the molecule is COc1cccc(NC(=O)c2ccc(Nc3cc(Cl)ccc3Cl)nc2)c1. The summed E-state index contributed by atoms with van der Waals surface area (Å²) in [6.07, 6.45) is 1.48. The molecule has 0 saturated carbocycles. The Kier molecular flexibility index (Phi) is 5.61. The van der Waals surface area contributed by atoms with Crippen LogP contribution in [0.2, 0.25) is 10.0 Å². The van der Waals surface area contributed by atoms with Crippen LogP contribution in [0.5, 0.6) is 5.75 Å². The number of anilines is 3. The fourth-order valence-corrected chi connectivity index (χ4v) is 2.57. The lowest BCUT2D eigenvalue weighted by atomic mass is 10.2. The Morgan fingerprint density at radius 3 is 2.65 bits per heavy atom. The number of carbonyl (C=O) groups is 1. The second-order valence-corrected chi connectivity index (χ2v) is 6.21. The van der Waals surface area contributed by atoms with Crippen LogP contribution >= 0.6 is 23.2 Å². The summed E-state index contributed by atoms with van der Waals surface area (Å²) in [5.41, 5.74) is 1.71. The van der Waals surface area contributed by atoms with Gasteiger partial charge < -0.3 is 15.4 Å². The molecule has 2 aromatic carbocycles. The Labute approximate surface area is 160 Å². The topological polar surface area (TPSA) is 63.2 Å². The summed E-state index contributed by atoms with van der Waals surface area (Å²) in [5.74, 6) is 0.948. The first-order chi connectivity index (χ1) is 12.5. The maximum absolute atomic E-state index is 12.3. The average Bonchev–Trinajstić information content (AvgIpc) is 2.65. The van der Waals surface area contributed by atoms with E-state index in [4.69, 9.17) is 27.9 Å². The van der Waals surface area contributed by atoms with Gasteiger partial charge >= 0.3 is 0 Å². The fourth-order valence-electron chi connectivity index (χ4n) is 2.24. The van der Waals surface area contributed by atoms with Crippen molar-refractivity contribution in [3.05, 3.63) is 76.4 Å². The highest BCUT2D eigenvalue weighted by Crippen LogP contribution is 2.27. The number of nitrogens with zero attached hydrogens (tertiary/aromatic N) is 1.